The average molecular weight is 159 g/mol. The molecule has 11 heavy (non-hydrogen) atoms. The Bertz CT molecular complexity index is 114. The van der Waals surface area contributed by atoms with Gasteiger partial charge in [-0.25, -0.2) is 0 Å². The summed E-state index contributed by atoms with van der Waals surface area (Å²) in [4.78, 5) is 0. The molecule has 1 rings (SSSR count). The molecule has 68 valence electrons. The lowest BCUT2D eigenvalue weighted by Crippen LogP contribution is -2.51. The molecule has 0 radical (unpaired) electrons. The summed E-state index contributed by atoms with van der Waals surface area (Å²) < 4.78 is 0. The number of nitrogens with two attached hydrogens (primary N) is 1. The van der Waals surface area contributed by atoms with Crippen molar-refractivity contribution in [2.45, 2.75) is 52.0 Å². The normalized spacial score (nSPS) is 36.0. The maximum Gasteiger partial charge on any atom is 0.0177 e. The zero-order valence-corrected chi connectivity index (χ0v) is 7.91. The molecule has 0 aromatic heterocycles. The van der Waals surface area contributed by atoms with Crippen LogP contribution in [0, 0.1) is 5.41 Å². The minimum atomic E-state index is 0. The van der Waals surface area contributed by atoms with Crippen LogP contribution in [0.25, 0.3) is 0 Å². The maximum atomic E-state index is 6.16. The third-order valence-corrected chi connectivity index (χ3v) is 3.29. The van der Waals surface area contributed by atoms with Crippen LogP contribution in [0.2, 0.25) is 0 Å². The van der Waals surface area contributed by atoms with Crippen LogP contribution in [0.4, 0.5) is 0 Å². The standard InChI is InChI=1S/C9H19N.H2O/c1-8(2)6-4-5-7-9(8,3)10;/h4-7,10H2,1-3H3;1H2. The fourth-order valence-corrected chi connectivity index (χ4v) is 1.68. The summed E-state index contributed by atoms with van der Waals surface area (Å²) in [7, 11) is 0. The molecule has 1 fully saturated rings. The molecule has 0 aromatic carbocycles. The summed E-state index contributed by atoms with van der Waals surface area (Å²) in [5.41, 5.74) is 6.58. The van der Waals surface area contributed by atoms with Crippen LogP contribution in [0.15, 0.2) is 0 Å². The zero-order valence-electron chi connectivity index (χ0n) is 7.91. The quantitative estimate of drug-likeness (QED) is 0.572. The van der Waals surface area contributed by atoms with Crippen LogP contribution in [0.5, 0.6) is 0 Å². The van der Waals surface area contributed by atoms with Crippen molar-refractivity contribution in [3.63, 3.8) is 0 Å². The first-order valence-corrected chi connectivity index (χ1v) is 4.25. The summed E-state index contributed by atoms with van der Waals surface area (Å²) in [5.74, 6) is 0. The molecular weight excluding hydrogens is 138 g/mol. The Labute approximate surface area is 69.5 Å². The van der Waals surface area contributed by atoms with Crippen LogP contribution in [0.3, 0.4) is 0 Å². The first kappa shape index (κ1) is 10.9. The van der Waals surface area contributed by atoms with Gasteiger partial charge in [0.25, 0.3) is 0 Å². The van der Waals surface area contributed by atoms with E-state index in [-0.39, 0.29) is 11.0 Å². The molecule has 0 heterocycles. The molecule has 0 aromatic rings. The second kappa shape index (κ2) is 3.11. The Kier molecular flexibility index (Phi) is 3.09. The van der Waals surface area contributed by atoms with Gasteiger partial charge in [0.15, 0.2) is 0 Å². The molecule has 1 aliphatic carbocycles. The van der Waals surface area contributed by atoms with Gasteiger partial charge >= 0.3 is 0 Å². The second-order valence-electron chi connectivity index (χ2n) is 4.51. The van der Waals surface area contributed by atoms with E-state index in [1.165, 1.54) is 25.7 Å². The fourth-order valence-electron chi connectivity index (χ4n) is 1.68. The van der Waals surface area contributed by atoms with Gasteiger partial charge in [0.1, 0.15) is 0 Å². The molecule has 2 heteroatoms. The van der Waals surface area contributed by atoms with Crippen molar-refractivity contribution in [2.75, 3.05) is 0 Å². The molecular formula is C9H21NO. The molecule has 1 unspecified atom stereocenters. The lowest BCUT2D eigenvalue weighted by atomic mass is 9.65. The molecule has 4 N–H and O–H groups in total. The molecule has 1 atom stereocenters. The molecule has 0 amide bonds. The lowest BCUT2D eigenvalue weighted by molar-refractivity contribution is 0.116. The van der Waals surface area contributed by atoms with Crippen molar-refractivity contribution in [3.05, 3.63) is 0 Å². The number of hydrogen-bond donors (Lipinski definition) is 1. The summed E-state index contributed by atoms with van der Waals surface area (Å²) in [6.45, 7) is 6.75. The highest BCUT2D eigenvalue weighted by atomic mass is 16.0. The topological polar surface area (TPSA) is 57.5 Å². The van der Waals surface area contributed by atoms with Gasteiger partial charge in [-0.15, -0.1) is 0 Å². The van der Waals surface area contributed by atoms with Gasteiger partial charge < -0.3 is 11.2 Å². The van der Waals surface area contributed by atoms with Crippen molar-refractivity contribution in [1.82, 2.24) is 0 Å². The fraction of sp³-hybridized carbons (Fsp3) is 1.00. The van der Waals surface area contributed by atoms with E-state index in [2.05, 4.69) is 20.8 Å². The van der Waals surface area contributed by atoms with E-state index in [0.717, 1.165) is 0 Å². The van der Waals surface area contributed by atoms with Crippen molar-refractivity contribution >= 4 is 0 Å². The maximum absolute atomic E-state index is 6.16. The smallest absolute Gasteiger partial charge is 0.0177 e. The Hall–Kier alpha value is -0.0800. The Morgan fingerprint density at radius 3 is 1.73 bits per heavy atom. The molecule has 0 aliphatic heterocycles. The summed E-state index contributed by atoms with van der Waals surface area (Å²) in [5, 5.41) is 0. The van der Waals surface area contributed by atoms with Gasteiger partial charge in [-0.05, 0) is 25.2 Å². The largest absolute Gasteiger partial charge is 0.412 e. The van der Waals surface area contributed by atoms with Crippen LogP contribution < -0.4 is 5.73 Å². The summed E-state index contributed by atoms with van der Waals surface area (Å²) in [6, 6.07) is 0. The van der Waals surface area contributed by atoms with E-state index in [4.69, 9.17) is 5.73 Å². The molecule has 1 aliphatic rings. The van der Waals surface area contributed by atoms with Gasteiger partial charge in [-0.2, -0.15) is 0 Å². The molecule has 2 nitrogen and oxygen atoms in total. The van der Waals surface area contributed by atoms with E-state index in [0.29, 0.717) is 5.41 Å². The van der Waals surface area contributed by atoms with Gasteiger partial charge in [0.2, 0.25) is 0 Å². The predicted octanol–water partition coefficient (Wildman–Crippen LogP) is 1.48. The Balaban J connectivity index is 0.000001000. The highest BCUT2D eigenvalue weighted by Gasteiger charge is 2.39. The van der Waals surface area contributed by atoms with Gasteiger partial charge in [0, 0.05) is 5.54 Å². The molecule has 1 saturated carbocycles. The average Bonchev–Trinajstić information content (AvgIpc) is 1.77. The van der Waals surface area contributed by atoms with E-state index >= 15 is 0 Å². The minimum absolute atomic E-state index is 0. The van der Waals surface area contributed by atoms with Crippen molar-refractivity contribution < 1.29 is 5.48 Å². The van der Waals surface area contributed by atoms with Crippen LogP contribution in [0.1, 0.15) is 46.5 Å². The second-order valence-corrected chi connectivity index (χ2v) is 4.51. The number of hydrogen-bond acceptors (Lipinski definition) is 1. The SMILES string of the molecule is CC1(C)CCCCC1(C)N.O. The minimum Gasteiger partial charge on any atom is -0.412 e. The molecule has 0 bridgehead atoms. The highest BCUT2D eigenvalue weighted by Crippen LogP contribution is 2.41. The van der Waals surface area contributed by atoms with Crippen molar-refractivity contribution in [3.8, 4) is 0 Å². The van der Waals surface area contributed by atoms with Crippen LogP contribution in [-0.2, 0) is 0 Å². The predicted molar refractivity (Wildman–Crippen MR) is 48.5 cm³/mol. The summed E-state index contributed by atoms with van der Waals surface area (Å²) in [6.07, 6.45) is 5.16. The first-order valence-electron chi connectivity index (χ1n) is 4.25. The van der Waals surface area contributed by atoms with Crippen LogP contribution in [-0.4, -0.2) is 11.0 Å². The third-order valence-electron chi connectivity index (χ3n) is 3.29. The van der Waals surface area contributed by atoms with E-state index in [9.17, 15) is 0 Å². The van der Waals surface area contributed by atoms with Gasteiger partial charge in [0.05, 0.1) is 0 Å². The van der Waals surface area contributed by atoms with Crippen LogP contribution >= 0.6 is 0 Å². The van der Waals surface area contributed by atoms with Gasteiger partial charge in [-0.3, -0.25) is 0 Å². The zero-order chi connectivity index (χ0) is 7.83. The molecule has 0 spiro atoms. The van der Waals surface area contributed by atoms with E-state index in [1.807, 2.05) is 0 Å². The van der Waals surface area contributed by atoms with Crippen molar-refractivity contribution in [2.24, 2.45) is 11.1 Å². The Morgan fingerprint density at radius 1 is 1.00 bits per heavy atom. The lowest BCUT2D eigenvalue weighted by Gasteiger charge is -2.45. The summed E-state index contributed by atoms with van der Waals surface area (Å²) >= 11 is 0. The van der Waals surface area contributed by atoms with Gasteiger partial charge in [-0.1, -0.05) is 26.7 Å². The molecule has 0 saturated heterocycles. The monoisotopic (exact) mass is 159 g/mol. The van der Waals surface area contributed by atoms with Crippen molar-refractivity contribution in [1.29, 1.82) is 0 Å². The third kappa shape index (κ3) is 1.94. The number of rotatable bonds is 0. The van der Waals surface area contributed by atoms with E-state index < -0.39 is 0 Å². The first-order chi connectivity index (χ1) is 4.46. The Morgan fingerprint density at radius 2 is 1.45 bits per heavy atom. The van der Waals surface area contributed by atoms with E-state index in [1.54, 1.807) is 0 Å². The highest BCUT2D eigenvalue weighted by molar-refractivity contribution is 4.96.